The molecule has 1 aliphatic rings. The lowest BCUT2D eigenvalue weighted by Crippen LogP contribution is -2.16. The van der Waals surface area contributed by atoms with Gasteiger partial charge in [-0.2, -0.15) is 0 Å². The number of carbonyl (C=O) groups excluding carboxylic acids is 1. The predicted octanol–water partition coefficient (Wildman–Crippen LogP) is 3.31. The maximum absolute atomic E-state index is 12.1. The van der Waals surface area contributed by atoms with Gasteiger partial charge in [-0.3, -0.25) is 9.78 Å². The molecule has 1 aliphatic heterocycles. The summed E-state index contributed by atoms with van der Waals surface area (Å²) in [6.07, 6.45) is 6.42. The summed E-state index contributed by atoms with van der Waals surface area (Å²) in [5.74, 6) is -0.0520. The second-order valence-electron chi connectivity index (χ2n) is 5.27. The summed E-state index contributed by atoms with van der Waals surface area (Å²) in [5, 5.41) is 2.89. The number of hydrogen-bond donors (Lipinski definition) is 1. The minimum absolute atomic E-state index is 0.0520. The number of benzene rings is 1. The van der Waals surface area contributed by atoms with Crippen LogP contribution in [0.4, 0.5) is 5.69 Å². The Morgan fingerprint density at radius 3 is 2.82 bits per heavy atom. The first kappa shape index (κ1) is 14.8. The number of anilines is 1. The first-order valence-corrected chi connectivity index (χ1v) is 7.85. The molecule has 4 nitrogen and oxygen atoms in total. The number of fused-ring (bicyclic) bond motifs is 1. The van der Waals surface area contributed by atoms with E-state index in [2.05, 4.69) is 26.2 Å². The van der Waals surface area contributed by atoms with Crippen LogP contribution in [0, 0.1) is 0 Å². The summed E-state index contributed by atoms with van der Waals surface area (Å²) in [6.45, 7) is 0.837. The van der Waals surface area contributed by atoms with E-state index in [1.54, 1.807) is 12.4 Å². The fraction of sp³-hybridized carbons (Fsp3) is 0.176. The van der Waals surface area contributed by atoms with Crippen LogP contribution in [0.1, 0.15) is 11.1 Å². The van der Waals surface area contributed by atoms with Crippen LogP contribution in [0.25, 0.3) is 5.57 Å². The highest BCUT2D eigenvalue weighted by atomic mass is 79.9. The SMILES string of the molecule is CN(/C=C1/C(=O)Nc2ccc(Br)cc21)CCc1ccncc1. The third-order valence-corrected chi connectivity index (χ3v) is 4.11. The van der Waals surface area contributed by atoms with Gasteiger partial charge in [0.25, 0.3) is 5.91 Å². The molecule has 0 saturated carbocycles. The third kappa shape index (κ3) is 3.20. The Kier molecular flexibility index (Phi) is 4.24. The predicted molar refractivity (Wildman–Crippen MR) is 91.3 cm³/mol. The molecule has 0 saturated heterocycles. The van der Waals surface area contributed by atoms with Gasteiger partial charge in [0, 0.05) is 47.9 Å². The molecule has 0 fully saturated rings. The Morgan fingerprint density at radius 1 is 1.27 bits per heavy atom. The molecular formula is C17H16BrN3O. The van der Waals surface area contributed by atoms with Crippen molar-refractivity contribution in [2.45, 2.75) is 6.42 Å². The monoisotopic (exact) mass is 357 g/mol. The van der Waals surface area contributed by atoms with Crippen molar-refractivity contribution in [2.24, 2.45) is 0 Å². The van der Waals surface area contributed by atoms with Gasteiger partial charge in [-0.15, -0.1) is 0 Å². The number of hydrogen-bond acceptors (Lipinski definition) is 3. The summed E-state index contributed by atoms with van der Waals surface area (Å²) in [7, 11) is 1.98. The van der Waals surface area contributed by atoms with Gasteiger partial charge in [-0.05, 0) is 42.3 Å². The standard InChI is InChI=1S/C17H16BrN3O/c1-21(9-6-12-4-7-19-8-5-12)11-15-14-10-13(18)2-3-16(14)20-17(15)22/h2-5,7-8,10-11H,6,9H2,1H3,(H,20,22)/b15-11+. The van der Waals surface area contributed by atoms with Crippen LogP contribution in [0.2, 0.25) is 0 Å². The van der Waals surface area contributed by atoms with E-state index in [9.17, 15) is 4.79 Å². The van der Waals surface area contributed by atoms with Crippen LogP contribution in [0.3, 0.4) is 0 Å². The zero-order chi connectivity index (χ0) is 15.5. The molecule has 0 unspecified atom stereocenters. The molecule has 0 aliphatic carbocycles. The number of nitrogens with one attached hydrogen (secondary N) is 1. The number of nitrogens with zero attached hydrogens (tertiary/aromatic N) is 2. The summed E-state index contributed by atoms with van der Waals surface area (Å²) in [6, 6.07) is 9.82. The number of likely N-dealkylation sites (N-methyl/N-ethyl adjacent to an activating group) is 1. The number of amides is 1. The van der Waals surface area contributed by atoms with Gasteiger partial charge in [0.1, 0.15) is 0 Å². The molecule has 1 aromatic carbocycles. The lowest BCUT2D eigenvalue weighted by Gasteiger charge is -2.15. The number of rotatable bonds is 4. The van der Waals surface area contributed by atoms with E-state index in [1.165, 1.54) is 5.56 Å². The van der Waals surface area contributed by atoms with E-state index in [1.807, 2.05) is 48.5 Å². The normalized spacial score (nSPS) is 14.8. The lowest BCUT2D eigenvalue weighted by molar-refractivity contribution is -0.110. The largest absolute Gasteiger partial charge is 0.379 e. The Bertz CT molecular complexity index is 728. The second kappa shape index (κ2) is 6.32. The van der Waals surface area contributed by atoms with Crippen LogP contribution in [-0.2, 0) is 11.2 Å². The van der Waals surface area contributed by atoms with Crippen molar-refractivity contribution in [1.29, 1.82) is 0 Å². The maximum Gasteiger partial charge on any atom is 0.257 e. The van der Waals surface area contributed by atoms with Crippen LogP contribution >= 0.6 is 15.9 Å². The summed E-state index contributed by atoms with van der Waals surface area (Å²) >= 11 is 3.45. The first-order valence-electron chi connectivity index (χ1n) is 7.06. The van der Waals surface area contributed by atoms with E-state index < -0.39 is 0 Å². The maximum atomic E-state index is 12.1. The number of aromatic nitrogens is 1. The minimum atomic E-state index is -0.0520. The molecule has 3 rings (SSSR count). The summed E-state index contributed by atoms with van der Waals surface area (Å²) in [5.41, 5.74) is 3.74. The van der Waals surface area contributed by atoms with E-state index in [0.29, 0.717) is 5.57 Å². The zero-order valence-corrected chi connectivity index (χ0v) is 13.8. The van der Waals surface area contributed by atoms with Gasteiger partial charge in [0.2, 0.25) is 0 Å². The fourth-order valence-corrected chi connectivity index (χ4v) is 2.79. The average molecular weight is 358 g/mol. The zero-order valence-electron chi connectivity index (χ0n) is 12.2. The average Bonchev–Trinajstić information content (AvgIpc) is 2.82. The molecule has 1 amide bonds. The van der Waals surface area contributed by atoms with Gasteiger partial charge in [0.05, 0.1) is 5.57 Å². The summed E-state index contributed by atoms with van der Waals surface area (Å²) < 4.78 is 0.966. The van der Waals surface area contributed by atoms with Crippen molar-refractivity contribution < 1.29 is 4.79 Å². The van der Waals surface area contributed by atoms with Crippen LogP contribution in [0.5, 0.6) is 0 Å². The highest BCUT2D eigenvalue weighted by Gasteiger charge is 2.24. The van der Waals surface area contributed by atoms with Crippen molar-refractivity contribution in [1.82, 2.24) is 9.88 Å². The molecule has 0 bridgehead atoms. The molecule has 1 N–H and O–H groups in total. The molecule has 1 aromatic heterocycles. The van der Waals surface area contributed by atoms with Gasteiger partial charge in [0.15, 0.2) is 0 Å². The van der Waals surface area contributed by atoms with Crippen LogP contribution < -0.4 is 5.32 Å². The Hall–Kier alpha value is -2.14. The van der Waals surface area contributed by atoms with Crippen molar-refractivity contribution in [3.05, 3.63) is 64.5 Å². The highest BCUT2D eigenvalue weighted by molar-refractivity contribution is 9.10. The molecular weight excluding hydrogens is 342 g/mol. The van der Waals surface area contributed by atoms with Gasteiger partial charge < -0.3 is 10.2 Å². The molecule has 0 radical (unpaired) electrons. The third-order valence-electron chi connectivity index (χ3n) is 3.62. The fourth-order valence-electron chi connectivity index (χ4n) is 2.43. The van der Waals surface area contributed by atoms with E-state index in [-0.39, 0.29) is 5.91 Å². The van der Waals surface area contributed by atoms with Crippen molar-refractivity contribution >= 4 is 33.1 Å². The van der Waals surface area contributed by atoms with Crippen LogP contribution in [0.15, 0.2) is 53.4 Å². The molecule has 0 atom stereocenters. The van der Waals surface area contributed by atoms with Gasteiger partial charge in [-0.25, -0.2) is 0 Å². The highest BCUT2D eigenvalue weighted by Crippen LogP contribution is 2.33. The molecule has 5 heteroatoms. The lowest BCUT2D eigenvalue weighted by atomic mass is 10.1. The second-order valence-corrected chi connectivity index (χ2v) is 6.19. The Morgan fingerprint density at radius 2 is 2.05 bits per heavy atom. The van der Waals surface area contributed by atoms with E-state index in [0.717, 1.165) is 28.7 Å². The Balaban J connectivity index is 1.74. The van der Waals surface area contributed by atoms with Crippen molar-refractivity contribution in [3.8, 4) is 0 Å². The van der Waals surface area contributed by atoms with Crippen LogP contribution in [-0.4, -0.2) is 29.4 Å². The number of carbonyl (C=O) groups is 1. The number of pyridine rings is 1. The molecule has 2 aromatic rings. The van der Waals surface area contributed by atoms with Gasteiger partial charge >= 0.3 is 0 Å². The van der Waals surface area contributed by atoms with E-state index >= 15 is 0 Å². The molecule has 0 spiro atoms. The first-order chi connectivity index (χ1) is 10.6. The van der Waals surface area contributed by atoms with Crippen molar-refractivity contribution in [3.63, 3.8) is 0 Å². The Labute approximate surface area is 138 Å². The smallest absolute Gasteiger partial charge is 0.257 e. The minimum Gasteiger partial charge on any atom is -0.379 e. The summed E-state index contributed by atoms with van der Waals surface area (Å²) in [4.78, 5) is 18.2. The quantitative estimate of drug-likeness (QED) is 0.853. The van der Waals surface area contributed by atoms with Crippen molar-refractivity contribution in [2.75, 3.05) is 18.9 Å². The van der Waals surface area contributed by atoms with E-state index in [4.69, 9.17) is 0 Å². The molecule has 2 heterocycles. The molecule has 112 valence electrons. The van der Waals surface area contributed by atoms with Gasteiger partial charge in [-0.1, -0.05) is 15.9 Å². The number of halogens is 1. The topological polar surface area (TPSA) is 45.2 Å². The molecule has 22 heavy (non-hydrogen) atoms.